The summed E-state index contributed by atoms with van der Waals surface area (Å²) < 4.78 is 22.4. The van der Waals surface area contributed by atoms with Gasteiger partial charge in [-0.25, -0.2) is 8.42 Å². The van der Waals surface area contributed by atoms with Crippen molar-refractivity contribution in [2.24, 2.45) is 0 Å². The molecule has 0 saturated carbocycles. The van der Waals surface area contributed by atoms with E-state index in [-0.39, 0.29) is 6.04 Å². The minimum absolute atomic E-state index is 0.00390. The van der Waals surface area contributed by atoms with Crippen molar-refractivity contribution in [3.05, 3.63) is 33.8 Å². The Kier molecular flexibility index (Phi) is 5.29. The zero-order chi connectivity index (χ0) is 14.8. The van der Waals surface area contributed by atoms with Gasteiger partial charge in [0, 0.05) is 18.8 Å². The van der Waals surface area contributed by atoms with Crippen LogP contribution in [0.3, 0.4) is 0 Å². The number of halogens is 2. The van der Waals surface area contributed by atoms with Crippen LogP contribution in [0.2, 0.25) is 10.0 Å². The van der Waals surface area contributed by atoms with Crippen molar-refractivity contribution >= 4 is 33.0 Å². The molecular weight excluding hydrogens is 305 g/mol. The van der Waals surface area contributed by atoms with E-state index in [1.165, 1.54) is 6.26 Å². The summed E-state index contributed by atoms with van der Waals surface area (Å²) in [6.45, 7) is 5.74. The molecule has 19 heavy (non-hydrogen) atoms. The zero-order valence-corrected chi connectivity index (χ0v) is 13.8. The third kappa shape index (κ3) is 4.35. The quantitative estimate of drug-likeness (QED) is 0.902. The molecule has 0 saturated heterocycles. The second kappa shape index (κ2) is 6.00. The lowest BCUT2D eigenvalue weighted by Crippen LogP contribution is -2.42. The Hall–Kier alpha value is -0.290. The first-order valence-corrected chi connectivity index (χ1v) is 8.57. The smallest absolute Gasteiger partial charge is 0.153 e. The van der Waals surface area contributed by atoms with Gasteiger partial charge in [-0.15, -0.1) is 0 Å². The van der Waals surface area contributed by atoms with Gasteiger partial charge in [0.05, 0.1) is 14.8 Å². The maximum absolute atomic E-state index is 11.6. The predicted molar refractivity (Wildman–Crippen MR) is 81.8 cm³/mol. The Morgan fingerprint density at radius 3 is 2.32 bits per heavy atom. The minimum atomic E-state index is -3.10. The Morgan fingerprint density at radius 1 is 1.26 bits per heavy atom. The highest BCUT2D eigenvalue weighted by Gasteiger charge is 2.30. The molecule has 0 aliphatic heterocycles. The van der Waals surface area contributed by atoms with Gasteiger partial charge in [0.2, 0.25) is 0 Å². The lowest BCUT2D eigenvalue weighted by molar-refractivity contribution is 0.489. The van der Waals surface area contributed by atoms with Crippen LogP contribution in [0.15, 0.2) is 18.2 Å². The summed E-state index contributed by atoms with van der Waals surface area (Å²) in [6.07, 6.45) is 1.25. The lowest BCUT2D eigenvalue weighted by Gasteiger charge is -2.25. The molecule has 0 radical (unpaired) electrons. The van der Waals surface area contributed by atoms with Crippen LogP contribution in [0, 0.1) is 0 Å². The van der Waals surface area contributed by atoms with E-state index in [0.717, 1.165) is 5.56 Å². The summed E-state index contributed by atoms with van der Waals surface area (Å²) in [5, 5.41) is 4.22. The monoisotopic (exact) mass is 323 g/mol. The average molecular weight is 324 g/mol. The van der Waals surface area contributed by atoms with E-state index in [1.54, 1.807) is 26.0 Å². The van der Waals surface area contributed by atoms with Crippen molar-refractivity contribution in [3.63, 3.8) is 0 Å². The molecule has 0 amide bonds. The molecule has 108 valence electrons. The van der Waals surface area contributed by atoms with Crippen LogP contribution in [0.25, 0.3) is 0 Å². The lowest BCUT2D eigenvalue weighted by atomic mass is 10.1. The second-order valence-electron chi connectivity index (χ2n) is 5.31. The number of hydrogen-bond donors (Lipinski definition) is 1. The zero-order valence-electron chi connectivity index (χ0n) is 11.5. The Morgan fingerprint density at radius 2 is 1.84 bits per heavy atom. The predicted octanol–water partition coefficient (Wildman–Crippen LogP) is 3.47. The molecule has 1 aromatic carbocycles. The van der Waals surface area contributed by atoms with Crippen molar-refractivity contribution in [2.75, 3.05) is 12.8 Å². The van der Waals surface area contributed by atoms with Crippen LogP contribution in [-0.2, 0) is 9.84 Å². The number of sulfone groups is 1. The fourth-order valence-corrected chi connectivity index (χ4v) is 2.08. The van der Waals surface area contributed by atoms with Gasteiger partial charge < -0.3 is 5.32 Å². The molecule has 0 aliphatic carbocycles. The van der Waals surface area contributed by atoms with Gasteiger partial charge in [-0.1, -0.05) is 29.3 Å². The van der Waals surface area contributed by atoms with E-state index in [9.17, 15) is 8.42 Å². The van der Waals surface area contributed by atoms with Crippen molar-refractivity contribution in [1.82, 2.24) is 5.32 Å². The molecule has 3 nitrogen and oxygen atoms in total. The molecule has 0 fully saturated rings. The summed E-state index contributed by atoms with van der Waals surface area (Å²) in [6, 6.07) is 5.39. The Labute approximate surface area is 125 Å². The molecule has 0 bridgehead atoms. The minimum Gasteiger partial charge on any atom is -0.309 e. The highest BCUT2D eigenvalue weighted by Crippen LogP contribution is 2.26. The Bertz CT molecular complexity index is 556. The number of hydrogen-bond acceptors (Lipinski definition) is 3. The first kappa shape index (κ1) is 16.8. The standard InChI is InChI=1S/C13H19Cl2NO2S/c1-9(10-5-6-11(14)12(15)7-10)16-8-13(2,3)19(4,17)18/h5-7,9,16H,8H2,1-4H3. The molecule has 1 unspecified atom stereocenters. The van der Waals surface area contributed by atoms with Crippen LogP contribution >= 0.6 is 23.2 Å². The van der Waals surface area contributed by atoms with Gasteiger partial charge in [-0.2, -0.15) is 0 Å². The van der Waals surface area contributed by atoms with Crippen LogP contribution in [0.5, 0.6) is 0 Å². The van der Waals surface area contributed by atoms with Crippen molar-refractivity contribution < 1.29 is 8.42 Å². The summed E-state index contributed by atoms with van der Waals surface area (Å²) in [5.41, 5.74) is 0.971. The van der Waals surface area contributed by atoms with Crippen molar-refractivity contribution in [3.8, 4) is 0 Å². The summed E-state index contributed by atoms with van der Waals surface area (Å²) in [4.78, 5) is 0. The van der Waals surface area contributed by atoms with Gasteiger partial charge in [0.25, 0.3) is 0 Å². The van der Waals surface area contributed by atoms with Crippen LogP contribution in [0.1, 0.15) is 32.4 Å². The number of rotatable bonds is 5. The van der Waals surface area contributed by atoms with Gasteiger partial charge in [-0.05, 0) is 38.5 Å². The number of benzene rings is 1. The molecule has 1 aromatic rings. The van der Waals surface area contributed by atoms with Crippen LogP contribution in [-0.4, -0.2) is 26.0 Å². The fraction of sp³-hybridized carbons (Fsp3) is 0.538. The molecule has 1 N–H and O–H groups in total. The topological polar surface area (TPSA) is 46.2 Å². The third-order valence-electron chi connectivity index (χ3n) is 3.28. The fourth-order valence-electron chi connectivity index (χ4n) is 1.43. The molecule has 0 aliphatic rings. The SMILES string of the molecule is CC(NCC(C)(C)S(C)(=O)=O)c1ccc(Cl)c(Cl)c1. The van der Waals surface area contributed by atoms with Crippen LogP contribution in [0.4, 0.5) is 0 Å². The van der Waals surface area contributed by atoms with E-state index in [4.69, 9.17) is 23.2 Å². The normalized spacial score (nSPS) is 14.4. The highest BCUT2D eigenvalue weighted by atomic mass is 35.5. The third-order valence-corrected chi connectivity index (χ3v) is 6.17. The van der Waals surface area contributed by atoms with Crippen molar-refractivity contribution in [1.29, 1.82) is 0 Å². The van der Waals surface area contributed by atoms with Crippen LogP contribution < -0.4 is 5.32 Å². The van der Waals surface area contributed by atoms with E-state index < -0.39 is 14.6 Å². The molecule has 1 atom stereocenters. The van der Waals surface area contributed by atoms with E-state index >= 15 is 0 Å². The molecule has 6 heteroatoms. The maximum Gasteiger partial charge on any atom is 0.153 e. The average Bonchev–Trinajstić information content (AvgIpc) is 2.28. The second-order valence-corrected chi connectivity index (χ2v) is 8.77. The molecule has 1 rings (SSSR count). The maximum atomic E-state index is 11.6. The van der Waals surface area contributed by atoms with Gasteiger partial charge in [-0.3, -0.25) is 0 Å². The first-order valence-electron chi connectivity index (χ1n) is 5.92. The largest absolute Gasteiger partial charge is 0.309 e. The highest BCUT2D eigenvalue weighted by molar-refractivity contribution is 7.92. The number of nitrogens with one attached hydrogen (secondary N) is 1. The summed E-state index contributed by atoms with van der Waals surface area (Å²) >= 11 is 11.8. The summed E-state index contributed by atoms with van der Waals surface area (Å²) in [5.74, 6) is 0. The summed E-state index contributed by atoms with van der Waals surface area (Å²) in [7, 11) is -3.10. The molecular formula is C13H19Cl2NO2S. The van der Waals surface area contributed by atoms with E-state index in [1.807, 2.05) is 13.0 Å². The molecule has 0 heterocycles. The Balaban J connectivity index is 2.76. The molecule has 0 spiro atoms. The first-order chi connectivity index (χ1) is 8.54. The van der Waals surface area contributed by atoms with E-state index in [0.29, 0.717) is 16.6 Å². The van der Waals surface area contributed by atoms with Gasteiger partial charge in [0.15, 0.2) is 9.84 Å². The van der Waals surface area contributed by atoms with Gasteiger partial charge in [0.1, 0.15) is 0 Å². The van der Waals surface area contributed by atoms with E-state index in [2.05, 4.69) is 5.32 Å². The molecule has 0 aromatic heterocycles. The van der Waals surface area contributed by atoms with Crippen molar-refractivity contribution in [2.45, 2.75) is 31.6 Å². The van der Waals surface area contributed by atoms with Gasteiger partial charge >= 0.3 is 0 Å².